The number of nitrogens with two attached hydrogens (primary N) is 1. The van der Waals surface area contributed by atoms with Gasteiger partial charge in [0.1, 0.15) is 0 Å². The lowest BCUT2D eigenvalue weighted by molar-refractivity contribution is 0.722. The molecule has 0 aliphatic heterocycles. The molecule has 0 aromatic heterocycles. The van der Waals surface area contributed by atoms with Gasteiger partial charge in [0, 0.05) is 4.91 Å². The molecule has 0 aromatic carbocycles. The number of hydrogen-bond acceptors (Lipinski definition) is 2. The molecule has 0 amide bonds. The number of rotatable bonds is 3. The van der Waals surface area contributed by atoms with Crippen molar-refractivity contribution in [3.8, 4) is 0 Å². The molecular weight excluding hydrogens is 178 g/mol. The van der Waals surface area contributed by atoms with Crippen LogP contribution >= 0.6 is 11.9 Å². The van der Waals surface area contributed by atoms with E-state index in [0.29, 0.717) is 11.8 Å². The van der Waals surface area contributed by atoms with Crippen molar-refractivity contribution in [1.29, 1.82) is 0 Å². The summed E-state index contributed by atoms with van der Waals surface area (Å²) < 4.78 is 0. The highest BCUT2D eigenvalue weighted by molar-refractivity contribution is 8.00. The maximum Gasteiger partial charge on any atom is 0.00183 e. The van der Waals surface area contributed by atoms with E-state index in [-0.39, 0.29) is 0 Å². The van der Waals surface area contributed by atoms with E-state index in [4.69, 9.17) is 5.14 Å². The Balaban J connectivity index is 0. The van der Waals surface area contributed by atoms with Crippen molar-refractivity contribution in [3.63, 3.8) is 0 Å². The summed E-state index contributed by atoms with van der Waals surface area (Å²) in [5, 5.41) is 5.57. The van der Waals surface area contributed by atoms with Gasteiger partial charge in [0.2, 0.25) is 0 Å². The Bertz CT molecular complexity index is 148. The highest BCUT2D eigenvalue weighted by atomic mass is 32.2. The lowest BCUT2D eigenvalue weighted by Gasteiger charge is -2.15. The van der Waals surface area contributed by atoms with Crippen molar-refractivity contribution >= 4 is 11.9 Å². The van der Waals surface area contributed by atoms with Crippen LogP contribution in [0.25, 0.3) is 0 Å². The Labute approximate surface area is 88.3 Å². The minimum atomic E-state index is 0.562. The van der Waals surface area contributed by atoms with Crippen molar-refractivity contribution < 1.29 is 0 Å². The molecule has 2 heteroatoms. The fraction of sp³-hybridized carbons (Fsp3) is 0.818. The number of hydrogen-bond donors (Lipinski definition) is 1. The van der Waals surface area contributed by atoms with E-state index in [1.54, 1.807) is 0 Å². The highest BCUT2D eigenvalue weighted by Gasteiger charge is 2.08. The van der Waals surface area contributed by atoms with Crippen molar-refractivity contribution in [3.05, 3.63) is 10.5 Å². The molecule has 0 bridgehead atoms. The molecule has 0 unspecified atom stereocenters. The second-order valence-electron chi connectivity index (χ2n) is 3.47. The molecule has 0 saturated heterocycles. The molecule has 2 N–H and O–H groups in total. The van der Waals surface area contributed by atoms with E-state index in [1.807, 2.05) is 13.8 Å². The van der Waals surface area contributed by atoms with Crippen LogP contribution in [0.2, 0.25) is 0 Å². The summed E-state index contributed by atoms with van der Waals surface area (Å²) >= 11 is 1.39. The lowest BCUT2D eigenvalue weighted by Crippen LogP contribution is -2.01. The van der Waals surface area contributed by atoms with E-state index < -0.39 is 0 Å². The minimum Gasteiger partial charge on any atom is -0.274 e. The monoisotopic (exact) mass is 203 g/mol. The zero-order chi connectivity index (χ0) is 11.0. The molecular formula is C11H25NS. The van der Waals surface area contributed by atoms with Crippen LogP contribution in [0.3, 0.4) is 0 Å². The standard InChI is InChI=1S/C9H19NS.C2H6/c1-6(2)8(5)9(11-10)7(3)4;1-2/h6-7H,10H2,1-5H3;1-2H3/b9-8+;. The van der Waals surface area contributed by atoms with Gasteiger partial charge in [-0.2, -0.15) is 0 Å². The van der Waals surface area contributed by atoms with E-state index in [2.05, 4.69) is 34.6 Å². The van der Waals surface area contributed by atoms with Crippen LogP contribution in [-0.2, 0) is 0 Å². The first kappa shape index (κ1) is 15.5. The zero-order valence-electron chi connectivity index (χ0n) is 10.1. The van der Waals surface area contributed by atoms with Crippen molar-refractivity contribution in [2.24, 2.45) is 17.0 Å². The van der Waals surface area contributed by atoms with Gasteiger partial charge in [-0.25, -0.2) is 0 Å². The van der Waals surface area contributed by atoms with Gasteiger partial charge in [-0.05, 0) is 18.8 Å². The van der Waals surface area contributed by atoms with Crippen LogP contribution in [0.5, 0.6) is 0 Å². The molecule has 0 heterocycles. The van der Waals surface area contributed by atoms with E-state index in [1.165, 1.54) is 22.4 Å². The molecule has 80 valence electrons. The molecule has 0 aliphatic rings. The van der Waals surface area contributed by atoms with Crippen molar-refractivity contribution in [2.45, 2.75) is 48.5 Å². The van der Waals surface area contributed by atoms with Gasteiger partial charge in [-0.15, -0.1) is 0 Å². The molecule has 1 nitrogen and oxygen atoms in total. The Kier molecular flexibility index (Phi) is 10.3. The Morgan fingerprint density at radius 2 is 1.38 bits per heavy atom. The fourth-order valence-corrected chi connectivity index (χ4v) is 1.66. The third-order valence-electron chi connectivity index (χ3n) is 1.91. The van der Waals surface area contributed by atoms with Gasteiger partial charge < -0.3 is 0 Å². The summed E-state index contributed by atoms with van der Waals surface area (Å²) in [5.41, 5.74) is 1.42. The lowest BCUT2D eigenvalue weighted by atomic mass is 10.0. The topological polar surface area (TPSA) is 26.0 Å². The molecule has 0 spiro atoms. The summed E-state index contributed by atoms with van der Waals surface area (Å²) in [6, 6.07) is 0. The summed E-state index contributed by atoms with van der Waals surface area (Å²) in [5.74, 6) is 1.18. The zero-order valence-corrected chi connectivity index (χ0v) is 11.0. The Morgan fingerprint density at radius 1 is 1.00 bits per heavy atom. The SMILES string of the molecule is C/C(=C(\SN)C(C)C)C(C)C.CC. The number of allylic oxidation sites excluding steroid dienone is 2. The van der Waals surface area contributed by atoms with Crippen LogP contribution in [-0.4, -0.2) is 0 Å². The summed E-state index contributed by atoms with van der Waals surface area (Å²) in [6.07, 6.45) is 0. The van der Waals surface area contributed by atoms with Crippen LogP contribution in [0.1, 0.15) is 48.5 Å². The van der Waals surface area contributed by atoms with E-state index in [0.717, 1.165) is 0 Å². The Morgan fingerprint density at radius 3 is 1.46 bits per heavy atom. The largest absolute Gasteiger partial charge is 0.274 e. The van der Waals surface area contributed by atoms with Crippen molar-refractivity contribution in [2.75, 3.05) is 0 Å². The van der Waals surface area contributed by atoms with E-state index in [9.17, 15) is 0 Å². The molecule has 0 fully saturated rings. The minimum absolute atomic E-state index is 0.562. The maximum absolute atomic E-state index is 5.57. The molecule has 0 atom stereocenters. The highest BCUT2D eigenvalue weighted by Crippen LogP contribution is 2.26. The average molecular weight is 203 g/mol. The third-order valence-corrected chi connectivity index (χ3v) is 2.95. The molecule has 0 saturated carbocycles. The Hall–Kier alpha value is 0.0500. The van der Waals surface area contributed by atoms with Gasteiger partial charge in [-0.3, -0.25) is 5.14 Å². The first-order valence-electron chi connectivity index (χ1n) is 5.08. The molecule has 0 rings (SSSR count). The smallest absolute Gasteiger partial charge is 0.00183 e. The summed E-state index contributed by atoms with van der Waals surface area (Å²) in [6.45, 7) is 14.9. The molecule has 0 aromatic rings. The summed E-state index contributed by atoms with van der Waals surface area (Å²) in [7, 11) is 0. The maximum atomic E-state index is 5.57. The normalized spacial score (nSPS) is 12.5. The van der Waals surface area contributed by atoms with Gasteiger partial charge in [-0.1, -0.05) is 59.1 Å². The van der Waals surface area contributed by atoms with Crippen LogP contribution in [0, 0.1) is 11.8 Å². The fourth-order valence-electron chi connectivity index (χ4n) is 0.969. The first-order valence-corrected chi connectivity index (χ1v) is 5.96. The predicted octanol–water partition coefficient (Wildman–Crippen LogP) is 4.21. The van der Waals surface area contributed by atoms with Gasteiger partial charge >= 0.3 is 0 Å². The molecule has 0 radical (unpaired) electrons. The second kappa shape index (κ2) is 8.64. The second-order valence-corrected chi connectivity index (χ2v) is 4.15. The van der Waals surface area contributed by atoms with Crippen LogP contribution < -0.4 is 5.14 Å². The first-order chi connectivity index (χ1) is 6.00. The van der Waals surface area contributed by atoms with E-state index >= 15 is 0 Å². The van der Waals surface area contributed by atoms with Gasteiger partial charge in [0.05, 0.1) is 0 Å². The van der Waals surface area contributed by atoms with Gasteiger partial charge in [0.15, 0.2) is 0 Å². The van der Waals surface area contributed by atoms with Gasteiger partial charge in [0.25, 0.3) is 0 Å². The quantitative estimate of drug-likeness (QED) is 0.695. The predicted molar refractivity (Wildman–Crippen MR) is 65.5 cm³/mol. The molecule has 13 heavy (non-hydrogen) atoms. The van der Waals surface area contributed by atoms with Crippen LogP contribution in [0.4, 0.5) is 0 Å². The average Bonchev–Trinajstić information content (AvgIpc) is 2.08. The summed E-state index contributed by atoms with van der Waals surface area (Å²) in [4.78, 5) is 1.33. The third kappa shape index (κ3) is 6.17. The van der Waals surface area contributed by atoms with Crippen molar-refractivity contribution in [1.82, 2.24) is 0 Å². The molecule has 0 aliphatic carbocycles. The van der Waals surface area contributed by atoms with Crippen LogP contribution in [0.15, 0.2) is 10.5 Å².